The molecule has 0 radical (unpaired) electrons. The van der Waals surface area contributed by atoms with E-state index in [1.165, 1.54) is 24.5 Å². The number of nitrogens with one attached hydrogen (secondary N) is 1. The highest BCUT2D eigenvalue weighted by molar-refractivity contribution is 6.31. The summed E-state index contributed by atoms with van der Waals surface area (Å²) in [5, 5.41) is 2.68. The molecule has 1 fully saturated rings. The normalized spacial score (nSPS) is 15.8. The quantitative estimate of drug-likeness (QED) is 0.781. The van der Waals surface area contributed by atoms with Crippen molar-refractivity contribution in [2.45, 2.75) is 0 Å². The fourth-order valence-electron chi connectivity index (χ4n) is 2.80. The standard InChI is InChI=1S/C18H19ClFN3O3/c19-14-10-13(3-4-15(14)20)21-18(25)12-23-7-5-22(6-8-23)11-16(24)17-2-1-9-26-17/h1-4,9-10H,5-8,11-12H2,(H,21,25). The molecule has 2 aromatic rings. The molecule has 0 spiro atoms. The predicted octanol–water partition coefficient (Wildman–Crippen LogP) is 2.51. The average molecular weight is 380 g/mol. The molecule has 0 unspecified atom stereocenters. The molecular weight excluding hydrogens is 361 g/mol. The van der Waals surface area contributed by atoms with Crippen molar-refractivity contribution in [2.24, 2.45) is 0 Å². The van der Waals surface area contributed by atoms with E-state index in [1.807, 2.05) is 9.80 Å². The van der Waals surface area contributed by atoms with Crippen LogP contribution in [0.15, 0.2) is 41.0 Å². The minimum Gasteiger partial charge on any atom is -0.461 e. The highest BCUT2D eigenvalue weighted by atomic mass is 35.5. The van der Waals surface area contributed by atoms with Gasteiger partial charge in [0.15, 0.2) is 5.76 Å². The van der Waals surface area contributed by atoms with Crippen LogP contribution < -0.4 is 5.32 Å². The minimum absolute atomic E-state index is 0.0300. The van der Waals surface area contributed by atoms with Gasteiger partial charge in [0, 0.05) is 31.9 Å². The summed E-state index contributed by atoms with van der Waals surface area (Å²) in [5.41, 5.74) is 0.462. The predicted molar refractivity (Wildman–Crippen MR) is 96.0 cm³/mol. The highest BCUT2D eigenvalue weighted by Gasteiger charge is 2.22. The van der Waals surface area contributed by atoms with Crippen molar-refractivity contribution in [1.29, 1.82) is 0 Å². The topological polar surface area (TPSA) is 65.8 Å². The van der Waals surface area contributed by atoms with Gasteiger partial charge < -0.3 is 9.73 Å². The summed E-state index contributed by atoms with van der Waals surface area (Å²) in [7, 11) is 0. The Morgan fingerprint density at radius 1 is 1.12 bits per heavy atom. The first kappa shape index (κ1) is 18.6. The number of ketones is 1. The van der Waals surface area contributed by atoms with E-state index in [2.05, 4.69) is 5.32 Å². The number of benzene rings is 1. The Morgan fingerprint density at radius 3 is 2.42 bits per heavy atom. The fourth-order valence-corrected chi connectivity index (χ4v) is 2.98. The number of amides is 1. The zero-order valence-corrected chi connectivity index (χ0v) is 14.8. The van der Waals surface area contributed by atoms with Gasteiger partial charge in [0.05, 0.1) is 24.4 Å². The second-order valence-electron chi connectivity index (χ2n) is 6.13. The van der Waals surface area contributed by atoms with Gasteiger partial charge in [-0.05, 0) is 30.3 Å². The summed E-state index contributed by atoms with van der Waals surface area (Å²) >= 11 is 5.71. The van der Waals surface area contributed by atoms with Gasteiger partial charge in [-0.25, -0.2) is 4.39 Å². The highest BCUT2D eigenvalue weighted by Crippen LogP contribution is 2.19. The van der Waals surface area contributed by atoms with Crippen molar-refractivity contribution in [1.82, 2.24) is 9.80 Å². The number of halogens is 2. The Morgan fingerprint density at radius 2 is 1.81 bits per heavy atom. The van der Waals surface area contributed by atoms with Crippen LogP contribution in [0.4, 0.5) is 10.1 Å². The molecule has 1 aliphatic rings. The molecule has 1 N–H and O–H groups in total. The first-order valence-corrected chi connectivity index (χ1v) is 8.65. The monoisotopic (exact) mass is 379 g/mol. The molecule has 138 valence electrons. The number of hydrogen-bond donors (Lipinski definition) is 1. The van der Waals surface area contributed by atoms with Gasteiger partial charge in [-0.1, -0.05) is 11.6 Å². The number of hydrogen-bond acceptors (Lipinski definition) is 5. The summed E-state index contributed by atoms with van der Waals surface area (Å²) < 4.78 is 18.2. The van der Waals surface area contributed by atoms with E-state index < -0.39 is 5.82 Å². The lowest BCUT2D eigenvalue weighted by molar-refractivity contribution is -0.117. The molecule has 0 saturated carbocycles. The largest absolute Gasteiger partial charge is 0.461 e. The van der Waals surface area contributed by atoms with Crippen LogP contribution in [-0.2, 0) is 4.79 Å². The molecule has 1 amide bonds. The SMILES string of the molecule is O=C(CN1CCN(CC(=O)c2ccco2)CC1)Nc1ccc(F)c(Cl)c1. The van der Waals surface area contributed by atoms with Crippen molar-refractivity contribution in [3.8, 4) is 0 Å². The van der Waals surface area contributed by atoms with Crippen LogP contribution in [0.5, 0.6) is 0 Å². The number of Topliss-reactive ketones (excluding diaryl/α,β-unsaturated/α-hetero) is 1. The fraction of sp³-hybridized carbons (Fsp3) is 0.333. The summed E-state index contributed by atoms with van der Waals surface area (Å²) in [4.78, 5) is 28.2. The Labute approximate surface area is 155 Å². The zero-order valence-electron chi connectivity index (χ0n) is 14.1. The molecule has 0 atom stereocenters. The van der Waals surface area contributed by atoms with Crippen LogP contribution in [0.3, 0.4) is 0 Å². The number of furan rings is 1. The van der Waals surface area contributed by atoms with Crippen molar-refractivity contribution < 1.29 is 18.4 Å². The maximum absolute atomic E-state index is 13.1. The molecule has 1 aliphatic heterocycles. The number of carbonyl (C=O) groups excluding carboxylic acids is 2. The van der Waals surface area contributed by atoms with Gasteiger partial charge in [0.1, 0.15) is 5.82 Å². The number of nitrogens with zero attached hydrogens (tertiary/aromatic N) is 2. The van der Waals surface area contributed by atoms with Crippen LogP contribution in [0.1, 0.15) is 10.6 Å². The maximum atomic E-state index is 13.1. The summed E-state index contributed by atoms with van der Waals surface area (Å²) in [5.74, 6) is -0.392. The van der Waals surface area contributed by atoms with E-state index in [0.717, 1.165) is 0 Å². The first-order valence-electron chi connectivity index (χ1n) is 8.27. The van der Waals surface area contributed by atoms with E-state index in [1.54, 1.807) is 12.1 Å². The molecule has 8 heteroatoms. The molecular formula is C18H19ClFN3O3. The lowest BCUT2D eigenvalue weighted by atomic mass is 10.2. The molecule has 0 aliphatic carbocycles. The number of rotatable bonds is 6. The molecule has 1 saturated heterocycles. The van der Waals surface area contributed by atoms with E-state index in [0.29, 0.717) is 44.2 Å². The summed E-state index contributed by atoms with van der Waals surface area (Å²) in [6.07, 6.45) is 1.48. The summed E-state index contributed by atoms with van der Waals surface area (Å²) in [6, 6.07) is 7.42. The molecule has 1 aromatic heterocycles. The van der Waals surface area contributed by atoms with Crippen LogP contribution in [0.2, 0.25) is 5.02 Å². The Bertz CT molecular complexity index is 774. The zero-order chi connectivity index (χ0) is 18.5. The lowest BCUT2D eigenvalue weighted by Gasteiger charge is -2.33. The van der Waals surface area contributed by atoms with Crippen molar-refractivity contribution in [2.75, 3.05) is 44.6 Å². The van der Waals surface area contributed by atoms with E-state index in [9.17, 15) is 14.0 Å². The van der Waals surface area contributed by atoms with Crippen molar-refractivity contribution >= 4 is 29.0 Å². The average Bonchev–Trinajstić information content (AvgIpc) is 3.15. The smallest absolute Gasteiger partial charge is 0.238 e. The van der Waals surface area contributed by atoms with Crippen molar-refractivity contribution in [3.63, 3.8) is 0 Å². The van der Waals surface area contributed by atoms with Crippen molar-refractivity contribution in [3.05, 3.63) is 53.2 Å². The molecule has 3 rings (SSSR count). The third-order valence-electron chi connectivity index (χ3n) is 4.20. The third kappa shape index (κ3) is 4.91. The lowest BCUT2D eigenvalue weighted by Crippen LogP contribution is -2.49. The van der Waals surface area contributed by atoms with E-state index >= 15 is 0 Å². The molecule has 26 heavy (non-hydrogen) atoms. The summed E-state index contributed by atoms with van der Waals surface area (Å²) in [6.45, 7) is 3.30. The van der Waals surface area contributed by atoms with E-state index in [4.69, 9.17) is 16.0 Å². The van der Waals surface area contributed by atoms with Gasteiger partial charge in [0.25, 0.3) is 0 Å². The second kappa shape index (κ2) is 8.44. The Hall–Kier alpha value is -2.22. The van der Waals surface area contributed by atoms with Gasteiger partial charge in [-0.3, -0.25) is 19.4 Å². The Kier molecular flexibility index (Phi) is 6.03. The molecule has 1 aromatic carbocycles. The third-order valence-corrected chi connectivity index (χ3v) is 4.49. The minimum atomic E-state index is -0.523. The van der Waals surface area contributed by atoms with Gasteiger partial charge in [-0.15, -0.1) is 0 Å². The van der Waals surface area contributed by atoms with Crippen LogP contribution in [0.25, 0.3) is 0 Å². The number of anilines is 1. The molecule has 0 bridgehead atoms. The maximum Gasteiger partial charge on any atom is 0.238 e. The van der Waals surface area contributed by atoms with E-state index in [-0.39, 0.29) is 23.3 Å². The first-order chi connectivity index (χ1) is 12.5. The van der Waals surface area contributed by atoms with Gasteiger partial charge >= 0.3 is 0 Å². The van der Waals surface area contributed by atoms with Crippen LogP contribution in [0, 0.1) is 5.82 Å². The number of piperazine rings is 1. The second-order valence-corrected chi connectivity index (χ2v) is 6.54. The van der Waals surface area contributed by atoms with Crippen LogP contribution >= 0.6 is 11.6 Å². The van der Waals surface area contributed by atoms with Gasteiger partial charge in [0.2, 0.25) is 11.7 Å². The van der Waals surface area contributed by atoms with Gasteiger partial charge in [-0.2, -0.15) is 0 Å². The Balaban J connectivity index is 1.42. The molecule has 2 heterocycles. The number of carbonyl (C=O) groups is 2. The van der Waals surface area contributed by atoms with Crippen LogP contribution in [-0.4, -0.2) is 60.8 Å². The molecule has 6 nitrogen and oxygen atoms in total.